The van der Waals surface area contributed by atoms with Crippen molar-refractivity contribution in [3.8, 4) is 23.0 Å². The molecule has 1 saturated heterocycles. The second-order valence-corrected chi connectivity index (χ2v) is 13.2. The highest BCUT2D eigenvalue weighted by Gasteiger charge is 2.34. The number of likely N-dealkylation sites (N-methyl/N-ethyl adjacent to an activating group) is 1. The first-order valence-electron chi connectivity index (χ1n) is 17.5. The molecule has 6 rings (SSSR count). The van der Waals surface area contributed by atoms with E-state index in [1.807, 2.05) is 30.3 Å². The van der Waals surface area contributed by atoms with Gasteiger partial charge in [0.25, 0.3) is 11.8 Å². The summed E-state index contributed by atoms with van der Waals surface area (Å²) in [6, 6.07) is 17.1. The predicted octanol–water partition coefficient (Wildman–Crippen LogP) is 4.01. The molecule has 2 atom stereocenters. The van der Waals surface area contributed by atoms with E-state index in [1.54, 1.807) is 17.9 Å². The number of fused-ring (bicyclic) bond motifs is 5. The summed E-state index contributed by atoms with van der Waals surface area (Å²) in [7, 11) is 1.46. The maximum atomic E-state index is 14.9. The molecule has 0 spiro atoms. The van der Waals surface area contributed by atoms with E-state index < -0.39 is 35.7 Å². The fourth-order valence-corrected chi connectivity index (χ4v) is 6.36. The lowest BCUT2D eigenvalue weighted by Gasteiger charge is -2.39. The maximum absolute atomic E-state index is 14.9. The third-order valence-corrected chi connectivity index (χ3v) is 9.13. The number of ether oxygens (including phenoxy) is 2. The number of likely N-dealkylation sites (tertiary alicyclic amines) is 1. The van der Waals surface area contributed by atoms with Crippen LogP contribution in [-0.4, -0.2) is 95.5 Å². The van der Waals surface area contributed by atoms with Gasteiger partial charge in [-0.1, -0.05) is 18.2 Å². The zero-order valence-electron chi connectivity index (χ0n) is 29.6. The van der Waals surface area contributed by atoms with Crippen LogP contribution >= 0.6 is 0 Å². The summed E-state index contributed by atoms with van der Waals surface area (Å²) in [5.74, 6) is -1.08. The van der Waals surface area contributed by atoms with Gasteiger partial charge in [-0.2, -0.15) is 0 Å². The number of nitrogens with zero attached hydrogens (tertiary/aromatic N) is 3. The van der Waals surface area contributed by atoms with E-state index in [0.717, 1.165) is 5.56 Å². The molecule has 14 heteroatoms. The van der Waals surface area contributed by atoms with Crippen molar-refractivity contribution < 1.29 is 42.6 Å². The number of carbonyl (C=O) groups is 4. The van der Waals surface area contributed by atoms with Crippen molar-refractivity contribution in [3.63, 3.8) is 0 Å². The summed E-state index contributed by atoms with van der Waals surface area (Å²) >= 11 is 0. The van der Waals surface area contributed by atoms with Crippen LogP contribution in [0.2, 0.25) is 0 Å². The van der Waals surface area contributed by atoms with Gasteiger partial charge >= 0.3 is 0 Å². The number of rotatable bonds is 8. The van der Waals surface area contributed by atoms with E-state index in [-0.39, 0.29) is 61.3 Å². The molecule has 3 aromatic carbocycles. The van der Waals surface area contributed by atoms with Gasteiger partial charge in [-0.25, -0.2) is 9.37 Å². The Bertz CT molecular complexity index is 1970. The number of halogens is 1. The number of aromatic nitrogens is 1. The summed E-state index contributed by atoms with van der Waals surface area (Å²) in [6.45, 7) is 2.20. The minimum atomic E-state index is -0.649. The third-order valence-electron chi connectivity index (χ3n) is 9.13. The lowest BCUT2D eigenvalue weighted by atomic mass is 10.0. The van der Waals surface area contributed by atoms with Crippen molar-refractivity contribution in [1.82, 2.24) is 25.4 Å². The van der Waals surface area contributed by atoms with Gasteiger partial charge in [-0.15, -0.1) is 0 Å². The first kappa shape index (κ1) is 37.2. The molecule has 13 nitrogen and oxygen atoms in total. The maximum Gasteiger partial charge on any atom is 0.254 e. The molecule has 0 saturated carbocycles. The molecule has 1 aromatic heterocycles. The van der Waals surface area contributed by atoms with E-state index in [1.165, 1.54) is 42.3 Å². The molecular formula is C39H42FN5O8. The summed E-state index contributed by atoms with van der Waals surface area (Å²) in [5.41, 5.74) is 1.98. The molecule has 1 fully saturated rings. The van der Waals surface area contributed by atoms with Gasteiger partial charge in [0, 0.05) is 56.0 Å². The van der Waals surface area contributed by atoms with E-state index in [4.69, 9.17) is 19.0 Å². The monoisotopic (exact) mass is 727 g/mol. The number of nitrogens with one attached hydrogen (secondary N) is 2. The van der Waals surface area contributed by atoms with Gasteiger partial charge in [0.2, 0.25) is 17.7 Å². The number of piperidine rings is 1. The Morgan fingerprint density at radius 3 is 2.62 bits per heavy atom. The number of hydrogen-bond acceptors (Lipinski definition) is 9. The number of carbonyl (C=O) groups excluding carboxylic acids is 4. The van der Waals surface area contributed by atoms with Crippen LogP contribution in [0.4, 0.5) is 4.39 Å². The largest absolute Gasteiger partial charge is 0.457 e. The van der Waals surface area contributed by atoms with E-state index in [0.29, 0.717) is 55.3 Å². The molecule has 0 radical (unpaired) electrons. The number of amides is 4. The Hall–Kier alpha value is -5.60. The highest BCUT2D eigenvalue weighted by Crippen LogP contribution is 2.28. The molecule has 4 bridgehead atoms. The smallest absolute Gasteiger partial charge is 0.254 e. The number of unbranched alkanes of at least 4 members (excludes halogenated alkanes) is 1. The summed E-state index contributed by atoms with van der Waals surface area (Å²) in [6.07, 6.45) is 0.918. The van der Waals surface area contributed by atoms with Crippen molar-refractivity contribution >= 4 is 23.6 Å². The highest BCUT2D eigenvalue weighted by atomic mass is 19.1. The second kappa shape index (κ2) is 16.8. The Labute approximate surface area is 306 Å². The molecule has 2 aliphatic rings. The van der Waals surface area contributed by atoms with Gasteiger partial charge in [-0.3, -0.25) is 19.2 Å². The van der Waals surface area contributed by atoms with E-state index in [9.17, 15) is 23.6 Å². The molecule has 3 N–H and O–H groups in total. The number of aliphatic hydroxyl groups excluding tert-OH is 1. The second-order valence-electron chi connectivity index (χ2n) is 13.2. The number of hydrogen-bond donors (Lipinski definition) is 3. The Morgan fingerprint density at radius 2 is 1.83 bits per heavy atom. The number of benzene rings is 3. The van der Waals surface area contributed by atoms with Crippen LogP contribution in [0.1, 0.15) is 57.0 Å². The van der Waals surface area contributed by atoms with Gasteiger partial charge in [0.1, 0.15) is 23.1 Å². The fourth-order valence-electron chi connectivity index (χ4n) is 6.36. The average Bonchev–Trinajstić information content (AvgIpc) is 3.51. The van der Waals surface area contributed by atoms with Crippen molar-refractivity contribution in [3.05, 3.63) is 101 Å². The number of aliphatic hydroxyl groups is 1. The van der Waals surface area contributed by atoms with Gasteiger partial charge < -0.3 is 39.4 Å². The lowest BCUT2D eigenvalue weighted by Crippen LogP contribution is -2.58. The summed E-state index contributed by atoms with van der Waals surface area (Å²) < 4.78 is 33.0. The van der Waals surface area contributed by atoms with Crippen LogP contribution < -0.4 is 15.4 Å². The van der Waals surface area contributed by atoms with E-state index in [2.05, 4.69) is 15.6 Å². The van der Waals surface area contributed by atoms with Crippen LogP contribution in [0.15, 0.2) is 71.1 Å². The molecule has 53 heavy (non-hydrogen) atoms. The fraction of sp³-hybridized carbons (Fsp3) is 0.359. The van der Waals surface area contributed by atoms with Crippen LogP contribution in [-0.2, 0) is 27.4 Å². The van der Waals surface area contributed by atoms with Crippen molar-refractivity contribution in [2.45, 2.75) is 51.4 Å². The van der Waals surface area contributed by atoms with Gasteiger partial charge in [0.15, 0.2) is 0 Å². The molecule has 0 aliphatic carbocycles. The minimum Gasteiger partial charge on any atom is -0.457 e. The Balaban J connectivity index is 1.22. The molecule has 4 aromatic rings. The Kier molecular flexibility index (Phi) is 11.8. The van der Waals surface area contributed by atoms with Gasteiger partial charge in [0.05, 0.1) is 37.4 Å². The van der Waals surface area contributed by atoms with Crippen molar-refractivity contribution in [2.24, 2.45) is 0 Å². The molecular weight excluding hydrogens is 685 g/mol. The first-order valence-corrected chi connectivity index (χ1v) is 17.5. The third kappa shape index (κ3) is 9.45. The molecule has 2 aliphatic heterocycles. The molecule has 3 heterocycles. The molecule has 4 amide bonds. The van der Waals surface area contributed by atoms with Crippen molar-refractivity contribution in [1.29, 1.82) is 0 Å². The summed E-state index contributed by atoms with van der Waals surface area (Å²) in [4.78, 5) is 61.2. The number of oxazole rings is 1. The predicted molar refractivity (Wildman–Crippen MR) is 191 cm³/mol. The molecule has 278 valence electrons. The van der Waals surface area contributed by atoms with Gasteiger partial charge in [-0.05, 0) is 74.2 Å². The normalized spacial score (nSPS) is 17.8. The highest BCUT2D eigenvalue weighted by molar-refractivity contribution is 6.01. The lowest BCUT2D eigenvalue weighted by molar-refractivity contribution is -0.136. The number of aryl methyl sites for hydroxylation is 1. The standard InChI is InChI=1S/C39H42FN5O8/c1-24-32(43-38(52-24)26-8-4-3-5-9-26)20-36(48)45-12-10-34-33(21-45)42-35(47)22-44(2)39(50)28-16-27(37(49)41-11-6-7-13-46)17-31(18-28)53-30-15-25(23-51-34)14-29(40)19-30/h3-5,8-9,14-19,33-34,46H,6-7,10-13,20-23H2,1-2H3,(H,41,49)(H,42,47)/t33-,34+/m1/s1. The van der Waals surface area contributed by atoms with Crippen molar-refractivity contribution in [2.75, 3.05) is 39.8 Å². The summed E-state index contributed by atoms with van der Waals surface area (Å²) in [5, 5.41) is 14.8. The average molecular weight is 728 g/mol. The SMILES string of the molecule is Cc1oc(-c2ccccc2)nc1CC(=O)N1CC[C@@H]2OCc3cc(F)cc(c3)Oc3cc(C(=O)NCCCCO)cc(c3)C(=O)N(C)CC(=O)N[C@@H]2C1. The Morgan fingerprint density at radius 1 is 1.04 bits per heavy atom. The molecule has 0 unspecified atom stereocenters. The van der Waals surface area contributed by atoms with Crippen LogP contribution in [0, 0.1) is 12.7 Å². The van der Waals surface area contributed by atoms with E-state index >= 15 is 0 Å². The minimum absolute atomic E-state index is 0.000595. The topological polar surface area (TPSA) is 164 Å². The van der Waals surface area contributed by atoms with Crippen LogP contribution in [0.3, 0.4) is 0 Å². The first-order chi connectivity index (χ1) is 25.6. The van der Waals surface area contributed by atoms with Crippen LogP contribution in [0.25, 0.3) is 11.5 Å². The van der Waals surface area contributed by atoms with Crippen LogP contribution in [0.5, 0.6) is 11.5 Å². The zero-order valence-corrected chi connectivity index (χ0v) is 29.6. The quantitative estimate of drug-likeness (QED) is 0.228. The zero-order chi connectivity index (χ0) is 37.5.